The van der Waals surface area contributed by atoms with Gasteiger partial charge in [0.1, 0.15) is 5.54 Å². The minimum Gasteiger partial charge on any atom is -0.468 e. The zero-order chi connectivity index (χ0) is 14.6. The zero-order valence-electron chi connectivity index (χ0n) is 12.1. The van der Waals surface area contributed by atoms with E-state index in [1.807, 2.05) is 6.92 Å². The van der Waals surface area contributed by atoms with Crippen LogP contribution in [0.1, 0.15) is 33.1 Å². The highest BCUT2D eigenvalue weighted by molar-refractivity contribution is 7.99. The minimum atomic E-state index is -0.642. The first-order chi connectivity index (χ1) is 9.53. The summed E-state index contributed by atoms with van der Waals surface area (Å²) in [5.74, 6) is -0.203. The van der Waals surface area contributed by atoms with Gasteiger partial charge < -0.3 is 4.74 Å². The summed E-state index contributed by atoms with van der Waals surface area (Å²) in [6, 6.07) is 2.24. The molecule has 1 saturated carbocycles. The van der Waals surface area contributed by atoms with Crippen LogP contribution < -0.4 is 5.32 Å². The molecule has 20 heavy (non-hydrogen) atoms. The van der Waals surface area contributed by atoms with Gasteiger partial charge in [-0.25, -0.2) is 9.97 Å². The predicted octanol–water partition coefficient (Wildman–Crippen LogP) is 2.03. The lowest BCUT2D eigenvalue weighted by atomic mass is 9.96. The summed E-state index contributed by atoms with van der Waals surface area (Å²) in [5.41, 5.74) is -0.642. The molecule has 0 radical (unpaired) electrons. The standard InChI is InChI=1S/C14H21N3O2S/c1-10(20-13-15-7-4-8-16-13)9-14(2,12(18)19-3)17-11-5-6-11/h4,7-8,10-11,17H,5-6,9H2,1-3H3. The summed E-state index contributed by atoms with van der Waals surface area (Å²) in [4.78, 5) is 20.5. The highest BCUT2D eigenvalue weighted by Gasteiger charge is 2.40. The number of carbonyl (C=O) groups excluding carboxylic acids is 1. The molecule has 6 heteroatoms. The number of hydrogen-bond donors (Lipinski definition) is 1. The van der Waals surface area contributed by atoms with E-state index in [4.69, 9.17) is 4.74 Å². The van der Waals surface area contributed by atoms with E-state index in [0.29, 0.717) is 12.5 Å². The smallest absolute Gasteiger partial charge is 0.325 e. The molecule has 0 bridgehead atoms. The molecule has 1 aliphatic carbocycles. The number of rotatable bonds is 7. The fraction of sp³-hybridized carbons (Fsp3) is 0.643. The molecular weight excluding hydrogens is 274 g/mol. The molecule has 2 atom stereocenters. The number of ether oxygens (including phenoxy) is 1. The molecule has 0 spiro atoms. The van der Waals surface area contributed by atoms with Gasteiger partial charge in [0, 0.05) is 23.7 Å². The SMILES string of the molecule is COC(=O)C(C)(CC(C)Sc1ncccn1)NC1CC1. The Bertz CT molecular complexity index is 453. The van der Waals surface area contributed by atoms with Crippen LogP contribution in [-0.2, 0) is 9.53 Å². The van der Waals surface area contributed by atoms with E-state index >= 15 is 0 Å². The molecule has 1 fully saturated rings. The molecule has 0 saturated heterocycles. The maximum absolute atomic E-state index is 12.1. The van der Waals surface area contributed by atoms with Crippen molar-refractivity contribution in [3.63, 3.8) is 0 Å². The Morgan fingerprint density at radius 1 is 1.55 bits per heavy atom. The van der Waals surface area contributed by atoms with E-state index in [-0.39, 0.29) is 11.2 Å². The molecule has 110 valence electrons. The molecular formula is C14H21N3O2S. The molecule has 0 amide bonds. The van der Waals surface area contributed by atoms with Crippen LogP contribution >= 0.6 is 11.8 Å². The van der Waals surface area contributed by atoms with Crippen molar-refractivity contribution in [1.29, 1.82) is 0 Å². The van der Waals surface area contributed by atoms with Crippen LogP contribution in [0.25, 0.3) is 0 Å². The van der Waals surface area contributed by atoms with E-state index in [1.165, 1.54) is 7.11 Å². The first-order valence-electron chi connectivity index (χ1n) is 6.83. The molecule has 1 N–H and O–H groups in total. The fourth-order valence-corrected chi connectivity index (χ4v) is 3.27. The third-order valence-electron chi connectivity index (χ3n) is 3.28. The number of nitrogens with zero attached hydrogens (tertiary/aromatic N) is 2. The Morgan fingerprint density at radius 3 is 2.75 bits per heavy atom. The summed E-state index contributed by atoms with van der Waals surface area (Å²) in [7, 11) is 1.44. The van der Waals surface area contributed by atoms with Crippen molar-refractivity contribution < 1.29 is 9.53 Å². The van der Waals surface area contributed by atoms with E-state index in [2.05, 4.69) is 22.2 Å². The van der Waals surface area contributed by atoms with Crippen molar-refractivity contribution in [2.75, 3.05) is 7.11 Å². The van der Waals surface area contributed by atoms with Crippen LogP contribution in [0.5, 0.6) is 0 Å². The lowest BCUT2D eigenvalue weighted by molar-refractivity contribution is -0.148. The van der Waals surface area contributed by atoms with Crippen molar-refractivity contribution >= 4 is 17.7 Å². The highest BCUT2D eigenvalue weighted by Crippen LogP contribution is 2.30. The van der Waals surface area contributed by atoms with Crippen LogP contribution in [0, 0.1) is 0 Å². The molecule has 1 aromatic heterocycles. The summed E-state index contributed by atoms with van der Waals surface area (Å²) in [6.45, 7) is 4.00. The number of aromatic nitrogens is 2. The van der Waals surface area contributed by atoms with Gasteiger partial charge in [0.2, 0.25) is 0 Å². The average molecular weight is 295 g/mol. The first-order valence-corrected chi connectivity index (χ1v) is 7.71. The van der Waals surface area contributed by atoms with Gasteiger partial charge in [-0.3, -0.25) is 10.1 Å². The Hall–Kier alpha value is -1.14. The second kappa shape index (κ2) is 6.54. The number of methoxy groups -OCH3 is 1. The Morgan fingerprint density at radius 2 is 2.20 bits per heavy atom. The third-order valence-corrected chi connectivity index (χ3v) is 4.27. The fourth-order valence-electron chi connectivity index (χ4n) is 2.25. The van der Waals surface area contributed by atoms with Gasteiger partial charge in [0.05, 0.1) is 7.11 Å². The Kier molecular flexibility index (Phi) is 4.99. The van der Waals surface area contributed by atoms with E-state index in [0.717, 1.165) is 18.0 Å². The van der Waals surface area contributed by atoms with Gasteiger partial charge in [-0.2, -0.15) is 0 Å². The average Bonchev–Trinajstić information content (AvgIpc) is 3.22. The highest BCUT2D eigenvalue weighted by atomic mass is 32.2. The van der Waals surface area contributed by atoms with Crippen molar-refractivity contribution in [3.05, 3.63) is 18.5 Å². The molecule has 0 aliphatic heterocycles. The van der Waals surface area contributed by atoms with Crippen LogP contribution in [0.4, 0.5) is 0 Å². The monoisotopic (exact) mass is 295 g/mol. The molecule has 1 aromatic rings. The van der Waals surface area contributed by atoms with Gasteiger partial charge in [-0.05, 0) is 32.3 Å². The summed E-state index contributed by atoms with van der Waals surface area (Å²) >= 11 is 1.58. The first kappa shape index (κ1) is 15.3. The number of carbonyl (C=O) groups is 1. The van der Waals surface area contributed by atoms with Crippen molar-refractivity contribution in [1.82, 2.24) is 15.3 Å². The number of nitrogens with one attached hydrogen (secondary N) is 1. The molecule has 5 nitrogen and oxygen atoms in total. The van der Waals surface area contributed by atoms with Gasteiger partial charge in [0.15, 0.2) is 5.16 Å². The van der Waals surface area contributed by atoms with E-state index in [9.17, 15) is 4.79 Å². The Labute approximate surface area is 123 Å². The molecule has 2 unspecified atom stereocenters. The third kappa shape index (κ3) is 4.18. The predicted molar refractivity (Wildman–Crippen MR) is 78.5 cm³/mol. The topological polar surface area (TPSA) is 64.1 Å². The quantitative estimate of drug-likeness (QED) is 0.472. The van der Waals surface area contributed by atoms with Crippen molar-refractivity contribution in [2.24, 2.45) is 0 Å². The summed E-state index contributed by atoms with van der Waals surface area (Å²) in [6.07, 6.45) is 6.40. The number of hydrogen-bond acceptors (Lipinski definition) is 6. The Balaban J connectivity index is 1.97. The summed E-state index contributed by atoms with van der Waals surface area (Å²) in [5, 5.41) is 4.36. The summed E-state index contributed by atoms with van der Waals surface area (Å²) < 4.78 is 4.95. The maximum atomic E-state index is 12.1. The van der Waals surface area contributed by atoms with Crippen LogP contribution in [0.2, 0.25) is 0 Å². The van der Waals surface area contributed by atoms with Gasteiger partial charge >= 0.3 is 5.97 Å². The molecule has 0 aromatic carbocycles. The lowest BCUT2D eigenvalue weighted by Gasteiger charge is -2.30. The van der Waals surface area contributed by atoms with Gasteiger partial charge in [-0.1, -0.05) is 18.7 Å². The maximum Gasteiger partial charge on any atom is 0.325 e. The normalized spacial score (nSPS) is 19.1. The largest absolute Gasteiger partial charge is 0.468 e. The second-order valence-corrected chi connectivity index (χ2v) is 6.81. The minimum absolute atomic E-state index is 0.203. The van der Waals surface area contributed by atoms with Crippen LogP contribution in [0.3, 0.4) is 0 Å². The number of esters is 1. The van der Waals surface area contributed by atoms with Crippen LogP contribution in [0.15, 0.2) is 23.6 Å². The number of thioether (sulfide) groups is 1. The van der Waals surface area contributed by atoms with Crippen LogP contribution in [-0.4, -0.2) is 39.9 Å². The van der Waals surface area contributed by atoms with Gasteiger partial charge in [0.25, 0.3) is 0 Å². The second-order valence-electron chi connectivity index (χ2n) is 5.41. The molecule has 1 heterocycles. The van der Waals surface area contributed by atoms with E-state index < -0.39 is 5.54 Å². The van der Waals surface area contributed by atoms with Gasteiger partial charge in [-0.15, -0.1) is 0 Å². The zero-order valence-corrected chi connectivity index (χ0v) is 12.9. The van der Waals surface area contributed by atoms with E-state index in [1.54, 1.807) is 30.2 Å². The van der Waals surface area contributed by atoms with Crippen molar-refractivity contribution in [3.8, 4) is 0 Å². The molecule has 2 rings (SSSR count). The molecule has 1 aliphatic rings. The van der Waals surface area contributed by atoms with Crippen molar-refractivity contribution in [2.45, 2.75) is 55.1 Å². The lowest BCUT2D eigenvalue weighted by Crippen LogP contribution is -2.52.